The molecule has 0 radical (unpaired) electrons. The van der Waals surface area contributed by atoms with Gasteiger partial charge < -0.3 is 10.1 Å². The molecular formula is C15H24N2O. The normalized spacial score (nSPS) is 23.9. The fourth-order valence-corrected chi connectivity index (χ4v) is 3.31. The molecule has 1 aliphatic rings. The SMILES string of the molecule is CNC(c1ncccc1OC)C1CCCC1(C)C. The van der Waals surface area contributed by atoms with Crippen molar-refractivity contribution in [2.24, 2.45) is 11.3 Å². The molecule has 1 heterocycles. The van der Waals surface area contributed by atoms with Gasteiger partial charge in [0.1, 0.15) is 5.75 Å². The Labute approximate surface area is 110 Å². The number of methoxy groups -OCH3 is 1. The minimum absolute atomic E-state index is 0.277. The molecule has 0 amide bonds. The highest BCUT2D eigenvalue weighted by Gasteiger charge is 2.40. The summed E-state index contributed by atoms with van der Waals surface area (Å²) in [5, 5.41) is 3.45. The first-order valence-corrected chi connectivity index (χ1v) is 6.76. The summed E-state index contributed by atoms with van der Waals surface area (Å²) >= 11 is 0. The molecule has 18 heavy (non-hydrogen) atoms. The minimum Gasteiger partial charge on any atom is -0.495 e. The number of nitrogens with zero attached hydrogens (tertiary/aromatic N) is 1. The average Bonchev–Trinajstić information content (AvgIpc) is 2.71. The second kappa shape index (κ2) is 5.27. The number of ether oxygens (including phenoxy) is 1. The quantitative estimate of drug-likeness (QED) is 0.888. The van der Waals surface area contributed by atoms with Gasteiger partial charge in [0.05, 0.1) is 18.8 Å². The van der Waals surface area contributed by atoms with E-state index >= 15 is 0 Å². The van der Waals surface area contributed by atoms with Crippen LogP contribution < -0.4 is 10.1 Å². The maximum Gasteiger partial charge on any atom is 0.141 e. The highest BCUT2D eigenvalue weighted by atomic mass is 16.5. The molecule has 2 unspecified atom stereocenters. The van der Waals surface area contributed by atoms with Gasteiger partial charge in [-0.05, 0) is 43.4 Å². The van der Waals surface area contributed by atoms with Crippen molar-refractivity contribution in [2.75, 3.05) is 14.2 Å². The molecule has 100 valence electrons. The van der Waals surface area contributed by atoms with E-state index < -0.39 is 0 Å². The van der Waals surface area contributed by atoms with Crippen LogP contribution in [-0.2, 0) is 0 Å². The Morgan fingerprint density at radius 1 is 1.50 bits per heavy atom. The van der Waals surface area contributed by atoms with E-state index in [4.69, 9.17) is 4.74 Å². The molecule has 0 bridgehead atoms. The second-order valence-electron chi connectivity index (χ2n) is 5.84. The zero-order chi connectivity index (χ0) is 13.2. The predicted molar refractivity (Wildman–Crippen MR) is 73.7 cm³/mol. The molecule has 0 saturated heterocycles. The van der Waals surface area contributed by atoms with E-state index in [-0.39, 0.29) is 6.04 Å². The van der Waals surface area contributed by atoms with Crippen LogP contribution in [0.1, 0.15) is 44.8 Å². The van der Waals surface area contributed by atoms with Crippen LogP contribution in [0.15, 0.2) is 18.3 Å². The summed E-state index contributed by atoms with van der Waals surface area (Å²) in [7, 11) is 3.74. The zero-order valence-corrected chi connectivity index (χ0v) is 11.9. The van der Waals surface area contributed by atoms with Crippen molar-refractivity contribution in [3.05, 3.63) is 24.0 Å². The van der Waals surface area contributed by atoms with Crippen LogP contribution in [0.5, 0.6) is 5.75 Å². The molecule has 3 nitrogen and oxygen atoms in total. The van der Waals surface area contributed by atoms with Gasteiger partial charge in [0.15, 0.2) is 0 Å². The lowest BCUT2D eigenvalue weighted by Gasteiger charge is -2.34. The van der Waals surface area contributed by atoms with E-state index in [2.05, 4.69) is 24.1 Å². The molecule has 3 heteroatoms. The topological polar surface area (TPSA) is 34.2 Å². The predicted octanol–water partition coefficient (Wildman–Crippen LogP) is 3.18. The van der Waals surface area contributed by atoms with Gasteiger partial charge in [0.25, 0.3) is 0 Å². The van der Waals surface area contributed by atoms with E-state index in [1.165, 1.54) is 19.3 Å². The molecule has 2 rings (SSSR count). The van der Waals surface area contributed by atoms with Crippen molar-refractivity contribution in [1.29, 1.82) is 0 Å². The fourth-order valence-electron chi connectivity index (χ4n) is 3.31. The third kappa shape index (κ3) is 2.37. The van der Waals surface area contributed by atoms with Crippen LogP contribution in [0.25, 0.3) is 0 Å². The van der Waals surface area contributed by atoms with Crippen LogP contribution in [0.2, 0.25) is 0 Å². The van der Waals surface area contributed by atoms with Crippen molar-refractivity contribution < 1.29 is 4.74 Å². The summed E-state index contributed by atoms with van der Waals surface area (Å²) in [5.41, 5.74) is 1.42. The Kier molecular flexibility index (Phi) is 3.91. The summed E-state index contributed by atoms with van der Waals surface area (Å²) < 4.78 is 5.45. The third-order valence-electron chi connectivity index (χ3n) is 4.37. The van der Waals surface area contributed by atoms with Crippen molar-refractivity contribution in [1.82, 2.24) is 10.3 Å². The first-order chi connectivity index (χ1) is 8.60. The third-order valence-corrected chi connectivity index (χ3v) is 4.37. The first kappa shape index (κ1) is 13.3. The monoisotopic (exact) mass is 248 g/mol. The minimum atomic E-state index is 0.277. The number of hydrogen-bond acceptors (Lipinski definition) is 3. The standard InChI is InChI=1S/C15H24N2O/c1-15(2)9-5-7-11(15)13(16-3)14-12(18-4)8-6-10-17-14/h6,8,10-11,13,16H,5,7,9H2,1-4H3. The lowest BCUT2D eigenvalue weighted by atomic mass is 9.76. The van der Waals surface area contributed by atoms with Gasteiger partial charge in [-0.1, -0.05) is 20.3 Å². The summed E-state index contributed by atoms with van der Waals surface area (Å²) in [5.74, 6) is 1.51. The maximum atomic E-state index is 5.45. The molecule has 0 aromatic carbocycles. The van der Waals surface area contributed by atoms with Crippen LogP contribution in [-0.4, -0.2) is 19.1 Å². The highest BCUT2D eigenvalue weighted by molar-refractivity contribution is 5.30. The molecule has 1 saturated carbocycles. The van der Waals surface area contributed by atoms with Crippen molar-refractivity contribution >= 4 is 0 Å². The van der Waals surface area contributed by atoms with E-state index in [0.29, 0.717) is 11.3 Å². The number of hydrogen-bond donors (Lipinski definition) is 1. The van der Waals surface area contributed by atoms with E-state index in [1.807, 2.05) is 25.4 Å². The molecule has 1 fully saturated rings. The summed E-state index contributed by atoms with van der Waals surface area (Å²) in [6, 6.07) is 4.20. The Hall–Kier alpha value is -1.09. The Balaban J connectivity index is 2.33. The van der Waals surface area contributed by atoms with Crippen LogP contribution in [0.3, 0.4) is 0 Å². The van der Waals surface area contributed by atoms with Crippen molar-refractivity contribution in [2.45, 2.75) is 39.2 Å². The average molecular weight is 248 g/mol. The molecular weight excluding hydrogens is 224 g/mol. The van der Waals surface area contributed by atoms with Crippen molar-refractivity contribution in [3.63, 3.8) is 0 Å². The molecule has 1 N–H and O–H groups in total. The van der Waals surface area contributed by atoms with Crippen LogP contribution >= 0.6 is 0 Å². The summed E-state index contributed by atoms with van der Waals surface area (Å²) in [6.07, 6.45) is 5.72. The van der Waals surface area contributed by atoms with E-state index in [1.54, 1.807) is 7.11 Å². The van der Waals surface area contributed by atoms with Gasteiger partial charge in [0, 0.05) is 6.20 Å². The second-order valence-corrected chi connectivity index (χ2v) is 5.84. The fraction of sp³-hybridized carbons (Fsp3) is 0.667. The van der Waals surface area contributed by atoms with Gasteiger partial charge in [-0.15, -0.1) is 0 Å². The van der Waals surface area contributed by atoms with E-state index in [0.717, 1.165) is 11.4 Å². The first-order valence-electron chi connectivity index (χ1n) is 6.76. The molecule has 1 aromatic rings. The Bertz CT molecular complexity index is 403. The molecule has 1 aromatic heterocycles. The van der Waals surface area contributed by atoms with Crippen LogP contribution in [0, 0.1) is 11.3 Å². The Morgan fingerprint density at radius 3 is 2.83 bits per heavy atom. The summed E-state index contributed by atoms with van der Waals surface area (Å²) in [4.78, 5) is 4.54. The molecule has 0 aliphatic heterocycles. The number of pyridine rings is 1. The largest absolute Gasteiger partial charge is 0.495 e. The number of nitrogens with one attached hydrogen (secondary N) is 1. The zero-order valence-electron chi connectivity index (χ0n) is 11.9. The van der Waals surface area contributed by atoms with Gasteiger partial charge in [0.2, 0.25) is 0 Å². The van der Waals surface area contributed by atoms with Crippen molar-refractivity contribution in [3.8, 4) is 5.75 Å². The highest BCUT2D eigenvalue weighted by Crippen LogP contribution is 2.49. The van der Waals surface area contributed by atoms with Gasteiger partial charge in [-0.25, -0.2) is 0 Å². The Morgan fingerprint density at radius 2 is 2.28 bits per heavy atom. The lowest BCUT2D eigenvalue weighted by Crippen LogP contribution is -2.32. The molecule has 0 spiro atoms. The number of rotatable bonds is 4. The van der Waals surface area contributed by atoms with Gasteiger partial charge in [-0.3, -0.25) is 4.98 Å². The lowest BCUT2D eigenvalue weighted by molar-refractivity contribution is 0.198. The van der Waals surface area contributed by atoms with Gasteiger partial charge >= 0.3 is 0 Å². The van der Waals surface area contributed by atoms with E-state index in [9.17, 15) is 0 Å². The smallest absolute Gasteiger partial charge is 0.141 e. The maximum absolute atomic E-state index is 5.45. The molecule has 2 atom stereocenters. The van der Waals surface area contributed by atoms with Crippen LogP contribution in [0.4, 0.5) is 0 Å². The number of aromatic nitrogens is 1. The summed E-state index contributed by atoms with van der Waals surface area (Å²) in [6.45, 7) is 4.73. The molecule has 1 aliphatic carbocycles. The van der Waals surface area contributed by atoms with Gasteiger partial charge in [-0.2, -0.15) is 0 Å².